The number of esters is 3. The molecule has 0 aromatic heterocycles. The Morgan fingerprint density at radius 2 is 1.60 bits per heavy atom. The lowest BCUT2D eigenvalue weighted by Gasteiger charge is -2.66. The first kappa shape index (κ1) is 21.4. The molecule has 0 amide bonds. The number of cyclic esters (lactones) is 1. The molecule has 1 heterocycles. The highest BCUT2D eigenvalue weighted by atomic mass is 16.6. The third-order valence-corrected chi connectivity index (χ3v) is 8.54. The van der Waals surface area contributed by atoms with E-state index in [0.29, 0.717) is 18.4 Å². The molecule has 0 aromatic carbocycles. The lowest BCUT2D eigenvalue weighted by Crippen LogP contribution is -2.65. The second-order valence-corrected chi connectivity index (χ2v) is 11.0. The highest BCUT2D eigenvalue weighted by Crippen LogP contribution is 2.69. The van der Waals surface area contributed by atoms with E-state index in [1.165, 1.54) is 13.8 Å². The van der Waals surface area contributed by atoms with Crippen molar-refractivity contribution in [1.29, 1.82) is 0 Å². The molecular formula is C24H34O6. The van der Waals surface area contributed by atoms with E-state index in [1.54, 1.807) is 0 Å². The maximum atomic E-state index is 12.5. The molecule has 0 saturated heterocycles. The molecule has 30 heavy (non-hydrogen) atoms. The molecule has 0 radical (unpaired) electrons. The van der Waals surface area contributed by atoms with Gasteiger partial charge < -0.3 is 14.2 Å². The van der Waals surface area contributed by atoms with Crippen LogP contribution in [0, 0.1) is 28.1 Å². The Morgan fingerprint density at radius 3 is 2.23 bits per heavy atom. The summed E-state index contributed by atoms with van der Waals surface area (Å²) in [5, 5.41) is 0. The monoisotopic (exact) mass is 418 g/mol. The second-order valence-electron chi connectivity index (χ2n) is 11.0. The largest absolute Gasteiger partial charge is 0.462 e. The summed E-state index contributed by atoms with van der Waals surface area (Å²) in [6, 6.07) is 0. The first-order valence-electron chi connectivity index (χ1n) is 11.1. The molecule has 0 spiro atoms. The summed E-state index contributed by atoms with van der Waals surface area (Å²) in [6.07, 6.45) is 3.54. The minimum atomic E-state index is -0.432. The van der Waals surface area contributed by atoms with Gasteiger partial charge >= 0.3 is 17.9 Å². The van der Waals surface area contributed by atoms with Gasteiger partial charge in [0.1, 0.15) is 18.8 Å². The van der Waals surface area contributed by atoms with E-state index in [9.17, 15) is 14.4 Å². The lowest BCUT2D eigenvalue weighted by molar-refractivity contribution is -0.222. The van der Waals surface area contributed by atoms with Crippen molar-refractivity contribution in [3.8, 4) is 0 Å². The number of ether oxygens (including phenoxy) is 3. The predicted octanol–water partition coefficient (Wildman–Crippen LogP) is 3.97. The molecule has 4 rings (SSSR count). The number of carbonyl (C=O) groups is 3. The van der Waals surface area contributed by atoms with Crippen molar-refractivity contribution >= 4 is 17.9 Å². The molecule has 6 atom stereocenters. The van der Waals surface area contributed by atoms with Gasteiger partial charge in [-0.15, -0.1) is 0 Å². The Labute approximate surface area is 178 Å². The van der Waals surface area contributed by atoms with Crippen molar-refractivity contribution in [2.75, 3.05) is 6.61 Å². The topological polar surface area (TPSA) is 78.9 Å². The van der Waals surface area contributed by atoms with E-state index in [0.717, 1.165) is 24.8 Å². The van der Waals surface area contributed by atoms with Gasteiger partial charge in [-0.1, -0.05) is 34.1 Å². The van der Waals surface area contributed by atoms with Crippen molar-refractivity contribution in [3.63, 3.8) is 0 Å². The Morgan fingerprint density at radius 1 is 0.967 bits per heavy atom. The first-order chi connectivity index (χ1) is 13.9. The third kappa shape index (κ3) is 3.01. The van der Waals surface area contributed by atoms with Crippen LogP contribution in [0.2, 0.25) is 0 Å². The SMILES string of the molecule is CC(=O)OC1CC2(C)C3=C(CC(OC(C)=O)C2C2(C)CCCC(C)(C)C12)C(=O)OC3. The van der Waals surface area contributed by atoms with Gasteiger partial charge in [-0.05, 0) is 35.7 Å². The van der Waals surface area contributed by atoms with Crippen LogP contribution in [0.5, 0.6) is 0 Å². The Kier molecular flexibility index (Phi) is 4.87. The van der Waals surface area contributed by atoms with E-state index in [4.69, 9.17) is 14.2 Å². The summed E-state index contributed by atoms with van der Waals surface area (Å²) < 4.78 is 17.3. The van der Waals surface area contributed by atoms with Crippen molar-refractivity contribution in [1.82, 2.24) is 0 Å². The molecule has 6 nitrogen and oxygen atoms in total. The van der Waals surface area contributed by atoms with Crippen LogP contribution in [-0.2, 0) is 28.6 Å². The Bertz CT molecular complexity index is 826. The summed E-state index contributed by atoms with van der Waals surface area (Å²) >= 11 is 0. The van der Waals surface area contributed by atoms with Crippen molar-refractivity contribution in [2.24, 2.45) is 28.1 Å². The van der Waals surface area contributed by atoms with Gasteiger partial charge in [-0.3, -0.25) is 9.59 Å². The molecule has 2 fully saturated rings. The molecule has 3 aliphatic carbocycles. The maximum Gasteiger partial charge on any atom is 0.334 e. The fourth-order valence-corrected chi connectivity index (χ4v) is 8.06. The van der Waals surface area contributed by atoms with Gasteiger partial charge in [0.15, 0.2) is 0 Å². The van der Waals surface area contributed by atoms with Crippen LogP contribution in [0.25, 0.3) is 0 Å². The van der Waals surface area contributed by atoms with Gasteiger partial charge in [0, 0.05) is 43.1 Å². The number of fused-ring (bicyclic) bond motifs is 4. The highest BCUT2D eigenvalue weighted by molar-refractivity contribution is 5.92. The number of hydrogen-bond donors (Lipinski definition) is 0. The summed E-state index contributed by atoms with van der Waals surface area (Å²) in [4.78, 5) is 36.6. The smallest absolute Gasteiger partial charge is 0.334 e. The first-order valence-corrected chi connectivity index (χ1v) is 11.1. The molecule has 1 aliphatic heterocycles. The van der Waals surface area contributed by atoms with Crippen molar-refractivity contribution in [2.45, 2.75) is 85.9 Å². The summed E-state index contributed by atoms with van der Waals surface area (Å²) in [5.41, 5.74) is 1.03. The molecule has 0 aromatic rings. The van der Waals surface area contributed by atoms with Gasteiger partial charge in [-0.2, -0.15) is 0 Å². The number of carbonyl (C=O) groups excluding carboxylic acids is 3. The molecule has 6 unspecified atom stereocenters. The van der Waals surface area contributed by atoms with Gasteiger partial charge in [0.25, 0.3) is 0 Å². The van der Waals surface area contributed by atoms with Crippen LogP contribution in [0.15, 0.2) is 11.1 Å². The maximum absolute atomic E-state index is 12.5. The third-order valence-electron chi connectivity index (χ3n) is 8.54. The van der Waals surface area contributed by atoms with Crippen LogP contribution in [-0.4, -0.2) is 36.7 Å². The van der Waals surface area contributed by atoms with E-state index in [2.05, 4.69) is 27.7 Å². The van der Waals surface area contributed by atoms with Crippen molar-refractivity contribution in [3.05, 3.63) is 11.1 Å². The molecule has 4 aliphatic rings. The minimum Gasteiger partial charge on any atom is -0.462 e. The quantitative estimate of drug-likeness (QED) is 0.499. The van der Waals surface area contributed by atoms with E-state index >= 15 is 0 Å². The zero-order chi connectivity index (χ0) is 22.1. The number of rotatable bonds is 2. The summed E-state index contributed by atoms with van der Waals surface area (Å²) in [7, 11) is 0. The molecular weight excluding hydrogens is 384 g/mol. The standard InChI is InChI=1S/C24H34O6/c1-13(25)29-17-10-15-16(12-28-21(15)27)24(6)11-18(30-14(2)26)19-22(3,4)8-7-9-23(19,5)20(17)24/h17-20H,7-12H2,1-6H3. The Balaban J connectivity index is 1.90. The summed E-state index contributed by atoms with van der Waals surface area (Å²) in [5.74, 6) is -0.708. The van der Waals surface area contributed by atoms with Gasteiger partial charge in [0.05, 0.1) is 0 Å². The van der Waals surface area contributed by atoms with Crippen LogP contribution < -0.4 is 0 Å². The zero-order valence-corrected chi connectivity index (χ0v) is 19.0. The van der Waals surface area contributed by atoms with E-state index in [1.807, 2.05) is 0 Å². The highest BCUT2D eigenvalue weighted by Gasteiger charge is 2.68. The average molecular weight is 419 g/mol. The fourth-order valence-electron chi connectivity index (χ4n) is 8.06. The predicted molar refractivity (Wildman–Crippen MR) is 109 cm³/mol. The van der Waals surface area contributed by atoms with Crippen LogP contribution in [0.4, 0.5) is 0 Å². The summed E-state index contributed by atoms with van der Waals surface area (Å²) in [6.45, 7) is 12.2. The molecule has 6 heteroatoms. The lowest BCUT2D eigenvalue weighted by atomic mass is 9.39. The molecule has 166 valence electrons. The van der Waals surface area contributed by atoms with Crippen molar-refractivity contribution < 1.29 is 28.6 Å². The Hall–Kier alpha value is -1.85. The van der Waals surface area contributed by atoms with E-state index in [-0.39, 0.29) is 59.4 Å². The fraction of sp³-hybridized carbons (Fsp3) is 0.792. The van der Waals surface area contributed by atoms with E-state index < -0.39 is 5.41 Å². The van der Waals surface area contributed by atoms with Crippen LogP contribution in [0.1, 0.15) is 73.6 Å². The van der Waals surface area contributed by atoms with Crippen LogP contribution in [0.3, 0.4) is 0 Å². The van der Waals surface area contributed by atoms with Crippen LogP contribution >= 0.6 is 0 Å². The second kappa shape index (κ2) is 6.83. The minimum absolute atomic E-state index is 0.00806. The molecule has 0 N–H and O–H groups in total. The normalized spacial score (nSPS) is 41.9. The number of hydrogen-bond acceptors (Lipinski definition) is 6. The van der Waals surface area contributed by atoms with Gasteiger partial charge in [-0.25, -0.2) is 4.79 Å². The average Bonchev–Trinajstić information content (AvgIpc) is 2.93. The van der Waals surface area contributed by atoms with Gasteiger partial charge in [0.2, 0.25) is 0 Å². The molecule has 2 saturated carbocycles. The molecule has 0 bridgehead atoms. The zero-order valence-electron chi connectivity index (χ0n) is 19.0.